The third-order valence-electron chi connectivity index (χ3n) is 9.73. The average Bonchev–Trinajstić information content (AvgIpc) is 3.07. The summed E-state index contributed by atoms with van der Waals surface area (Å²) in [5, 5.41) is 3.68. The summed E-state index contributed by atoms with van der Waals surface area (Å²) in [7, 11) is -4.02. The van der Waals surface area contributed by atoms with Crippen LogP contribution >= 0.6 is 0 Å². The van der Waals surface area contributed by atoms with E-state index in [9.17, 15) is 8.42 Å². The van der Waals surface area contributed by atoms with E-state index in [0.717, 1.165) is 5.56 Å². The third kappa shape index (κ3) is 36.4. The lowest BCUT2D eigenvalue weighted by Crippen LogP contribution is -2.16. The minimum absolute atomic E-state index is 0.0666. The fourth-order valence-corrected chi connectivity index (χ4v) is 6.91. The summed E-state index contributed by atoms with van der Waals surface area (Å²) < 4.78 is 29.6. The average molecular weight is 694 g/mol. The van der Waals surface area contributed by atoms with Crippen LogP contribution in [0, 0.1) is 6.92 Å². The Balaban J connectivity index is 0.00000168. The number of aryl methyl sites for hydroxylation is 1. The Labute approximate surface area is 301 Å². The summed E-state index contributed by atoms with van der Waals surface area (Å²) in [6, 6.07) is 5.99. The highest BCUT2D eigenvalue weighted by molar-refractivity contribution is 7.85. The summed E-state index contributed by atoms with van der Waals surface area (Å²) in [6.07, 6.45) is 46.7. The van der Waals surface area contributed by atoms with Gasteiger partial charge in [-0.05, 0) is 45.0 Å². The number of nitrogens with one attached hydrogen (secondary N) is 1. The van der Waals surface area contributed by atoms with Crippen molar-refractivity contribution in [2.75, 3.05) is 13.1 Å². The largest absolute Gasteiger partial charge is 0.317 e. The van der Waals surface area contributed by atoms with Gasteiger partial charge in [-0.25, -0.2) is 0 Å². The maximum Gasteiger partial charge on any atom is 0.294 e. The second kappa shape index (κ2) is 37.3. The summed E-state index contributed by atoms with van der Waals surface area (Å²) >= 11 is 0. The third-order valence-corrected chi connectivity index (χ3v) is 10.6. The van der Waals surface area contributed by atoms with Gasteiger partial charge < -0.3 is 5.32 Å². The van der Waals surface area contributed by atoms with Gasteiger partial charge in [-0.3, -0.25) is 4.55 Å². The van der Waals surface area contributed by atoms with Crippen LogP contribution in [-0.2, 0) is 10.1 Å². The Hall–Kier alpha value is -0.910. The Morgan fingerprint density at radius 2 is 0.646 bits per heavy atom. The molecule has 0 bridgehead atoms. The molecule has 0 saturated carbocycles. The van der Waals surface area contributed by atoms with Crippen LogP contribution in [-0.4, -0.2) is 26.1 Å². The highest BCUT2D eigenvalue weighted by Crippen LogP contribution is 2.15. The number of unbranched alkanes of at least 4 members (excludes halogenated alkanes) is 30. The maximum atomic E-state index is 10.5. The SMILES string of the molecule is CCCCCCCCCCCCCCCCCCNCCCCCCCCCCCCCCCCCC.Cc1ccc(S(=O)(=O)O)cc1. The predicted molar refractivity (Wildman–Crippen MR) is 213 cm³/mol. The van der Waals surface area contributed by atoms with Crippen LogP contribution in [0.15, 0.2) is 29.2 Å². The zero-order valence-corrected chi connectivity index (χ0v) is 33.3. The van der Waals surface area contributed by atoms with E-state index in [2.05, 4.69) is 19.2 Å². The smallest absolute Gasteiger partial charge is 0.294 e. The van der Waals surface area contributed by atoms with Gasteiger partial charge in [0.05, 0.1) is 4.90 Å². The van der Waals surface area contributed by atoms with E-state index < -0.39 is 10.1 Å². The van der Waals surface area contributed by atoms with Crippen molar-refractivity contribution in [3.05, 3.63) is 29.8 Å². The van der Waals surface area contributed by atoms with E-state index in [1.807, 2.05) is 6.92 Å². The minimum Gasteiger partial charge on any atom is -0.317 e. The number of hydrogen-bond acceptors (Lipinski definition) is 3. The zero-order chi connectivity index (χ0) is 35.2. The van der Waals surface area contributed by atoms with E-state index in [-0.39, 0.29) is 4.90 Å². The van der Waals surface area contributed by atoms with Crippen molar-refractivity contribution in [1.29, 1.82) is 0 Å². The first kappa shape index (κ1) is 47.1. The van der Waals surface area contributed by atoms with Crippen LogP contribution in [0.25, 0.3) is 0 Å². The van der Waals surface area contributed by atoms with Crippen molar-refractivity contribution < 1.29 is 13.0 Å². The van der Waals surface area contributed by atoms with Gasteiger partial charge in [-0.1, -0.05) is 224 Å². The molecule has 0 aliphatic rings. The molecule has 0 spiro atoms. The van der Waals surface area contributed by atoms with Gasteiger partial charge in [0.25, 0.3) is 10.1 Å². The van der Waals surface area contributed by atoms with Gasteiger partial charge in [-0.2, -0.15) is 8.42 Å². The molecule has 1 aromatic carbocycles. The fraction of sp³-hybridized carbons (Fsp3) is 0.860. The number of hydrogen-bond donors (Lipinski definition) is 2. The first-order valence-corrected chi connectivity index (χ1v) is 22.6. The van der Waals surface area contributed by atoms with Crippen molar-refractivity contribution in [2.24, 2.45) is 0 Å². The first-order chi connectivity index (χ1) is 23.4. The zero-order valence-electron chi connectivity index (χ0n) is 32.5. The van der Waals surface area contributed by atoms with Gasteiger partial charge in [0.1, 0.15) is 0 Å². The molecule has 2 N–H and O–H groups in total. The van der Waals surface area contributed by atoms with Crippen molar-refractivity contribution in [1.82, 2.24) is 5.32 Å². The van der Waals surface area contributed by atoms with Crippen molar-refractivity contribution in [3.63, 3.8) is 0 Å². The molecule has 0 unspecified atom stereocenters. The second-order valence-corrected chi connectivity index (χ2v) is 16.1. The van der Waals surface area contributed by atoms with Crippen LogP contribution in [0.2, 0.25) is 0 Å². The van der Waals surface area contributed by atoms with Crippen molar-refractivity contribution in [3.8, 4) is 0 Å². The molecular weight excluding hydrogens is 611 g/mol. The van der Waals surface area contributed by atoms with Crippen LogP contribution in [0.5, 0.6) is 0 Å². The normalized spacial score (nSPS) is 11.5. The quantitative estimate of drug-likeness (QED) is 0.0548. The van der Waals surface area contributed by atoms with E-state index in [4.69, 9.17) is 4.55 Å². The van der Waals surface area contributed by atoms with E-state index in [0.29, 0.717) is 0 Å². The summed E-state index contributed by atoms with van der Waals surface area (Å²) in [5.74, 6) is 0. The van der Waals surface area contributed by atoms with Crippen LogP contribution in [0.3, 0.4) is 0 Å². The molecule has 0 saturated heterocycles. The van der Waals surface area contributed by atoms with E-state index in [1.165, 1.54) is 231 Å². The molecule has 0 heterocycles. The highest BCUT2D eigenvalue weighted by Gasteiger charge is 2.07. The highest BCUT2D eigenvalue weighted by atomic mass is 32.2. The fourth-order valence-electron chi connectivity index (χ4n) is 6.43. The summed E-state index contributed by atoms with van der Waals surface area (Å²) in [5.41, 5.74) is 0.956. The molecule has 284 valence electrons. The molecule has 0 aliphatic heterocycles. The van der Waals surface area contributed by atoms with E-state index >= 15 is 0 Å². The lowest BCUT2D eigenvalue weighted by Gasteiger charge is -2.06. The van der Waals surface area contributed by atoms with Gasteiger partial charge in [0.2, 0.25) is 0 Å². The maximum absolute atomic E-state index is 10.5. The second-order valence-electron chi connectivity index (χ2n) is 14.6. The minimum atomic E-state index is -4.02. The summed E-state index contributed by atoms with van der Waals surface area (Å²) in [4.78, 5) is -0.0666. The molecule has 5 heteroatoms. The number of rotatable bonds is 35. The Morgan fingerprint density at radius 1 is 0.417 bits per heavy atom. The standard InChI is InChI=1S/C36H75N.C7H8O3S/c1-3-5-7-9-11-13-15-17-19-21-23-25-27-29-31-33-35-37-36-34-32-30-28-26-24-22-20-18-16-14-12-10-8-6-4-2;1-6-2-4-7(5-3-6)11(8,9)10/h37H,3-36H2,1-2H3;2-5H,1H3,(H,8,9,10). The Kier molecular flexibility index (Phi) is 36.6. The van der Waals surface area contributed by atoms with Gasteiger partial charge in [-0.15, -0.1) is 0 Å². The lowest BCUT2D eigenvalue weighted by molar-refractivity contribution is 0.483. The lowest BCUT2D eigenvalue weighted by atomic mass is 10.0. The molecule has 4 nitrogen and oxygen atoms in total. The molecule has 48 heavy (non-hydrogen) atoms. The van der Waals surface area contributed by atoms with Crippen molar-refractivity contribution in [2.45, 2.75) is 231 Å². The van der Waals surface area contributed by atoms with Gasteiger partial charge in [0, 0.05) is 0 Å². The summed E-state index contributed by atoms with van der Waals surface area (Å²) in [6.45, 7) is 8.95. The number of benzene rings is 1. The Morgan fingerprint density at radius 3 is 0.875 bits per heavy atom. The molecule has 0 atom stereocenters. The van der Waals surface area contributed by atoms with Crippen molar-refractivity contribution >= 4 is 10.1 Å². The molecule has 0 amide bonds. The molecule has 0 aliphatic carbocycles. The molecule has 1 rings (SSSR count). The van der Waals surface area contributed by atoms with Crippen LogP contribution in [0.4, 0.5) is 0 Å². The molecule has 0 aromatic heterocycles. The van der Waals surface area contributed by atoms with Gasteiger partial charge in [0.15, 0.2) is 0 Å². The molecular formula is C43H83NO3S. The molecule has 0 fully saturated rings. The first-order valence-electron chi connectivity index (χ1n) is 21.2. The molecule has 1 aromatic rings. The van der Waals surface area contributed by atoms with E-state index in [1.54, 1.807) is 12.1 Å². The van der Waals surface area contributed by atoms with Crippen LogP contribution < -0.4 is 5.32 Å². The Bertz CT molecular complexity index is 821. The topological polar surface area (TPSA) is 66.4 Å². The monoisotopic (exact) mass is 694 g/mol. The molecule has 0 radical (unpaired) electrons. The van der Waals surface area contributed by atoms with Crippen LogP contribution in [0.1, 0.15) is 225 Å². The van der Waals surface area contributed by atoms with Gasteiger partial charge >= 0.3 is 0 Å². The predicted octanol–water partition coefficient (Wildman–Crippen LogP) is 14.3.